The molecule has 0 N–H and O–H groups in total. The van der Waals surface area contributed by atoms with Gasteiger partial charge in [-0.05, 0) is 25.1 Å². The van der Waals surface area contributed by atoms with Gasteiger partial charge in [-0.2, -0.15) is 13.2 Å². The van der Waals surface area contributed by atoms with E-state index in [0.29, 0.717) is 12.2 Å². The topological polar surface area (TPSA) is 52.6 Å². The molecule has 0 saturated carbocycles. The fraction of sp³-hybridized carbons (Fsp3) is 0.286. The molecule has 0 fully saturated rings. The van der Waals surface area contributed by atoms with Gasteiger partial charge in [0.1, 0.15) is 0 Å². The highest BCUT2D eigenvalue weighted by Gasteiger charge is 2.41. The zero-order valence-corrected chi connectivity index (χ0v) is 11.1. The second kappa shape index (κ2) is 7.47. The molecule has 7 heteroatoms. The Morgan fingerprint density at radius 3 is 2.38 bits per heavy atom. The van der Waals surface area contributed by atoms with Crippen molar-refractivity contribution in [1.82, 2.24) is 0 Å². The van der Waals surface area contributed by atoms with Gasteiger partial charge in [-0.15, -0.1) is 0 Å². The van der Waals surface area contributed by atoms with Crippen molar-refractivity contribution in [2.24, 2.45) is 0 Å². The van der Waals surface area contributed by atoms with Gasteiger partial charge in [-0.3, -0.25) is 0 Å². The first kappa shape index (κ1) is 16.7. The Labute approximate surface area is 119 Å². The largest absolute Gasteiger partial charge is 0.463 e. The first-order chi connectivity index (χ1) is 9.84. The van der Waals surface area contributed by atoms with Crippen molar-refractivity contribution >= 4 is 11.9 Å². The van der Waals surface area contributed by atoms with Crippen LogP contribution in [0.4, 0.5) is 13.2 Å². The third-order valence-corrected chi connectivity index (χ3v) is 2.26. The van der Waals surface area contributed by atoms with E-state index in [1.54, 1.807) is 6.07 Å². The number of hydrogen-bond donors (Lipinski definition) is 0. The van der Waals surface area contributed by atoms with Crippen LogP contribution in [0.1, 0.15) is 17.3 Å². The van der Waals surface area contributed by atoms with Gasteiger partial charge in [0.2, 0.25) is 6.10 Å². The number of esters is 2. The summed E-state index contributed by atoms with van der Waals surface area (Å²) in [5.41, 5.74) is -0.0173. The van der Waals surface area contributed by atoms with Gasteiger partial charge < -0.3 is 9.47 Å². The van der Waals surface area contributed by atoms with Crippen LogP contribution in [0.2, 0.25) is 0 Å². The van der Waals surface area contributed by atoms with Gasteiger partial charge in [0.05, 0.1) is 12.2 Å². The number of alkyl halides is 3. The Hall–Kier alpha value is -2.31. The number of ether oxygens (including phenoxy) is 2. The summed E-state index contributed by atoms with van der Waals surface area (Å²) in [6.07, 6.45) is -6.32. The molecule has 4 nitrogen and oxygen atoms in total. The molecule has 0 spiro atoms. The average molecular weight is 302 g/mol. The normalized spacial score (nSPS) is 13.0. The van der Waals surface area contributed by atoms with Crippen molar-refractivity contribution in [2.75, 3.05) is 6.61 Å². The molecular formula is C14H13F3O4. The van der Waals surface area contributed by atoms with E-state index in [9.17, 15) is 22.8 Å². The zero-order chi connectivity index (χ0) is 15.9. The molecule has 1 aromatic rings. The lowest BCUT2D eigenvalue weighted by molar-refractivity contribution is -0.189. The zero-order valence-electron chi connectivity index (χ0n) is 11.1. The number of halogens is 3. The summed E-state index contributed by atoms with van der Waals surface area (Å²) in [6, 6.07) is 7.25. The van der Waals surface area contributed by atoms with Crippen LogP contribution in [-0.4, -0.2) is 30.8 Å². The highest BCUT2D eigenvalue weighted by Crippen LogP contribution is 2.25. The summed E-state index contributed by atoms with van der Waals surface area (Å²) >= 11 is 0. The summed E-state index contributed by atoms with van der Waals surface area (Å²) in [5.74, 6) is -2.08. The van der Waals surface area contributed by atoms with E-state index in [0.717, 1.165) is 0 Å². The van der Waals surface area contributed by atoms with E-state index in [-0.39, 0.29) is 12.2 Å². The molecule has 0 saturated heterocycles. The number of rotatable bonds is 5. The van der Waals surface area contributed by atoms with E-state index < -0.39 is 24.2 Å². The molecule has 0 unspecified atom stereocenters. The molecule has 0 radical (unpaired) electrons. The molecule has 0 heterocycles. The monoisotopic (exact) mass is 302 g/mol. The van der Waals surface area contributed by atoms with Crippen molar-refractivity contribution in [1.29, 1.82) is 0 Å². The lowest BCUT2D eigenvalue weighted by Gasteiger charge is -2.17. The molecule has 0 aromatic heterocycles. The van der Waals surface area contributed by atoms with Crippen LogP contribution < -0.4 is 0 Å². The third kappa shape index (κ3) is 5.68. The van der Waals surface area contributed by atoms with Gasteiger partial charge >= 0.3 is 18.1 Å². The standard InChI is InChI=1S/C14H13F3O4/c1-2-20-12(18)9-8-11(14(15,16)17)21-13(19)10-6-4-3-5-7-10/h3-9,11H,2H2,1H3/b9-8+/t11-/m0/s1. The predicted molar refractivity (Wildman–Crippen MR) is 67.5 cm³/mol. The van der Waals surface area contributed by atoms with Crippen LogP contribution in [-0.2, 0) is 14.3 Å². The fourth-order valence-corrected chi connectivity index (χ4v) is 1.33. The first-order valence-electron chi connectivity index (χ1n) is 6.02. The van der Waals surface area contributed by atoms with Gasteiger partial charge in [0.15, 0.2) is 0 Å². The summed E-state index contributed by atoms with van der Waals surface area (Å²) in [7, 11) is 0. The smallest absolute Gasteiger partial charge is 0.429 e. The van der Waals surface area contributed by atoms with E-state index in [4.69, 9.17) is 0 Å². The second-order valence-corrected chi connectivity index (χ2v) is 3.84. The van der Waals surface area contributed by atoms with Crippen LogP contribution in [0.15, 0.2) is 42.5 Å². The molecule has 21 heavy (non-hydrogen) atoms. The first-order valence-corrected chi connectivity index (χ1v) is 6.02. The van der Waals surface area contributed by atoms with Gasteiger partial charge in [-0.25, -0.2) is 9.59 Å². The summed E-state index contributed by atoms with van der Waals surface area (Å²) < 4.78 is 47.1. The highest BCUT2D eigenvalue weighted by atomic mass is 19.4. The van der Waals surface area contributed by atoms with Crippen molar-refractivity contribution in [3.8, 4) is 0 Å². The van der Waals surface area contributed by atoms with Crippen molar-refractivity contribution in [2.45, 2.75) is 19.2 Å². The van der Waals surface area contributed by atoms with Gasteiger partial charge in [-0.1, -0.05) is 18.2 Å². The molecule has 0 aliphatic carbocycles. The number of benzene rings is 1. The predicted octanol–water partition coefficient (Wildman–Crippen LogP) is 2.89. The highest BCUT2D eigenvalue weighted by molar-refractivity contribution is 5.89. The van der Waals surface area contributed by atoms with E-state index in [1.165, 1.54) is 31.2 Å². The van der Waals surface area contributed by atoms with Crippen molar-refractivity contribution < 1.29 is 32.2 Å². The molecule has 1 rings (SSSR count). The Morgan fingerprint density at radius 2 is 1.86 bits per heavy atom. The minimum atomic E-state index is -4.83. The maximum atomic E-state index is 12.8. The minimum absolute atomic E-state index is 0.0173. The molecule has 0 bridgehead atoms. The molecule has 0 aliphatic heterocycles. The average Bonchev–Trinajstić information content (AvgIpc) is 2.43. The van der Waals surface area contributed by atoms with E-state index >= 15 is 0 Å². The lowest BCUT2D eigenvalue weighted by atomic mass is 10.2. The Morgan fingerprint density at radius 1 is 1.24 bits per heavy atom. The lowest BCUT2D eigenvalue weighted by Crippen LogP contribution is -2.32. The third-order valence-electron chi connectivity index (χ3n) is 2.26. The Balaban J connectivity index is 2.80. The number of carbonyl (C=O) groups is 2. The van der Waals surface area contributed by atoms with Crippen LogP contribution in [0.25, 0.3) is 0 Å². The number of hydrogen-bond acceptors (Lipinski definition) is 4. The molecule has 114 valence electrons. The maximum Gasteiger partial charge on any atom is 0.429 e. The number of carbonyl (C=O) groups excluding carboxylic acids is 2. The summed E-state index contributed by atoms with van der Waals surface area (Å²) in [6.45, 7) is 1.55. The summed E-state index contributed by atoms with van der Waals surface area (Å²) in [4.78, 5) is 22.6. The van der Waals surface area contributed by atoms with Gasteiger partial charge in [0, 0.05) is 6.08 Å². The second-order valence-electron chi connectivity index (χ2n) is 3.84. The quantitative estimate of drug-likeness (QED) is 0.620. The van der Waals surface area contributed by atoms with Crippen LogP contribution in [0.5, 0.6) is 0 Å². The Kier molecular flexibility index (Phi) is 5.95. The van der Waals surface area contributed by atoms with Crippen molar-refractivity contribution in [3.63, 3.8) is 0 Å². The molecular weight excluding hydrogens is 289 g/mol. The summed E-state index contributed by atoms with van der Waals surface area (Å²) in [5, 5.41) is 0. The van der Waals surface area contributed by atoms with Crippen LogP contribution in [0.3, 0.4) is 0 Å². The van der Waals surface area contributed by atoms with Crippen LogP contribution in [0, 0.1) is 0 Å². The van der Waals surface area contributed by atoms with Crippen molar-refractivity contribution in [3.05, 3.63) is 48.0 Å². The van der Waals surface area contributed by atoms with E-state index in [2.05, 4.69) is 9.47 Å². The molecule has 1 atom stereocenters. The van der Waals surface area contributed by atoms with E-state index in [1.807, 2.05) is 0 Å². The molecule has 1 aromatic carbocycles. The fourth-order valence-electron chi connectivity index (χ4n) is 1.33. The van der Waals surface area contributed by atoms with Gasteiger partial charge in [0.25, 0.3) is 0 Å². The maximum absolute atomic E-state index is 12.8. The minimum Gasteiger partial charge on any atom is -0.463 e. The SMILES string of the molecule is CCOC(=O)/C=C/[C@H](OC(=O)c1ccccc1)C(F)(F)F. The molecule has 0 aliphatic rings. The van der Waals surface area contributed by atoms with Crippen LogP contribution >= 0.6 is 0 Å². The Bertz CT molecular complexity index is 509. The molecule has 0 amide bonds.